The van der Waals surface area contributed by atoms with E-state index < -0.39 is 0 Å². The van der Waals surface area contributed by atoms with E-state index in [1.807, 2.05) is 42.2 Å². The number of nitrogens with zero attached hydrogens (tertiary/aromatic N) is 4. The monoisotopic (exact) mass is 423 g/mol. The first-order chi connectivity index (χ1) is 15.1. The minimum absolute atomic E-state index is 0.110. The van der Waals surface area contributed by atoms with Crippen molar-refractivity contribution in [3.8, 4) is 0 Å². The fourth-order valence-corrected chi connectivity index (χ4v) is 4.13. The van der Waals surface area contributed by atoms with Crippen LogP contribution in [0.1, 0.15) is 47.2 Å². The first-order valence-electron chi connectivity index (χ1n) is 10.9. The molecule has 4 rings (SSSR count). The molecule has 1 N–H and O–H groups in total. The topological polar surface area (TPSA) is 87.7 Å². The van der Waals surface area contributed by atoms with Crippen LogP contribution >= 0.6 is 0 Å². The number of hydrogen-bond donors (Lipinski definition) is 1. The van der Waals surface area contributed by atoms with Crippen LogP contribution in [-0.4, -0.2) is 71.0 Å². The lowest BCUT2D eigenvalue weighted by Gasteiger charge is -2.37. The average Bonchev–Trinajstić information content (AvgIpc) is 2.80. The number of para-hydroxylation sites is 1. The molecule has 2 saturated heterocycles. The summed E-state index contributed by atoms with van der Waals surface area (Å²) < 4.78 is 5.38. The van der Waals surface area contributed by atoms with Crippen LogP contribution < -0.4 is 5.32 Å². The summed E-state index contributed by atoms with van der Waals surface area (Å²) in [5, 5.41) is 2.87. The van der Waals surface area contributed by atoms with Gasteiger partial charge >= 0.3 is 0 Å². The number of aromatic nitrogens is 2. The van der Waals surface area contributed by atoms with Crippen LogP contribution in [0.3, 0.4) is 0 Å². The van der Waals surface area contributed by atoms with Crippen molar-refractivity contribution in [3.05, 3.63) is 53.6 Å². The molecule has 31 heavy (non-hydrogen) atoms. The fourth-order valence-electron chi connectivity index (χ4n) is 4.13. The maximum Gasteiger partial charge on any atom is 0.259 e. The highest BCUT2D eigenvalue weighted by atomic mass is 16.5. The Morgan fingerprint density at radius 3 is 2.65 bits per heavy atom. The quantitative estimate of drug-likeness (QED) is 0.795. The maximum atomic E-state index is 13.0. The standard InChI is InChI=1S/C23H29N5O3/c1-17-19(23(30)26-18-7-3-2-4-8-18)15-24-22(25-17)20-9-5-6-10-28(20)21(29)16-27-11-13-31-14-12-27/h2-4,7-8,15,20H,5-6,9-14,16H2,1H3,(H,26,30). The fraction of sp³-hybridized carbons (Fsp3) is 0.478. The van der Waals surface area contributed by atoms with Crippen molar-refractivity contribution in [3.63, 3.8) is 0 Å². The van der Waals surface area contributed by atoms with Crippen molar-refractivity contribution in [1.29, 1.82) is 0 Å². The van der Waals surface area contributed by atoms with Crippen LogP contribution in [0.25, 0.3) is 0 Å². The van der Waals surface area contributed by atoms with Gasteiger partial charge in [0.05, 0.1) is 37.1 Å². The molecule has 2 aliphatic heterocycles. The van der Waals surface area contributed by atoms with E-state index in [1.54, 1.807) is 6.20 Å². The third-order valence-electron chi connectivity index (χ3n) is 5.86. The Hall–Kier alpha value is -2.84. The van der Waals surface area contributed by atoms with Gasteiger partial charge in [-0.1, -0.05) is 18.2 Å². The van der Waals surface area contributed by atoms with Gasteiger partial charge in [-0.3, -0.25) is 14.5 Å². The zero-order valence-electron chi connectivity index (χ0n) is 17.9. The van der Waals surface area contributed by atoms with Gasteiger partial charge in [-0.15, -0.1) is 0 Å². The number of nitrogens with one attached hydrogen (secondary N) is 1. The number of carbonyl (C=O) groups is 2. The number of carbonyl (C=O) groups excluding carboxylic acids is 2. The van der Waals surface area contributed by atoms with Crippen molar-refractivity contribution in [2.75, 3.05) is 44.7 Å². The Bertz CT molecular complexity index is 915. The molecular weight excluding hydrogens is 394 g/mol. The van der Waals surface area contributed by atoms with Gasteiger partial charge in [0.1, 0.15) is 0 Å². The van der Waals surface area contributed by atoms with Crippen molar-refractivity contribution in [1.82, 2.24) is 19.8 Å². The molecular formula is C23H29N5O3. The number of hydrogen-bond acceptors (Lipinski definition) is 6. The lowest BCUT2D eigenvalue weighted by Crippen LogP contribution is -2.47. The lowest BCUT2D eigenvalue weighted by molar-refractivity contribution is -0.137. The molecule has 8 heteroatoms. The van der Waals surface area contributed by atoms with E-state index in [1.165, 1.54) is 0 Å². The number of amides is 2. The largest absolute Gasteiger partial charge is 0.379 e. The summed E-state index contributed by atoms with van der Waals surface area (Å²) in [4.78, 5) is 38.9. The smallest absolute Gasteiger partial charge is 0.259 e. The van der Waals surface area contributed by atoms with E-state index in [2.05, 4.69) is 20.2 Å². The predicted octanol–water partition coefficient (Wildman–Crippen LogP) is 2.42. The number of aryl methyl sites for hydroxylation is 1. The van der Waals surface area contributed by atoms with Crippen LogP contribution in [0.4, 0.5) is 5.69 Å². The minimum Gasteiger partial charge on any atom is -0.379 e. The summed E-state index contributed by atoms with van der Waals surface area (Å²) in [6.07, 6.45) is 4.44. The first kappa shape index (κ1) is 21.4. The molecule has 2 amide bonds. The van der Waals surface area contributed by atoms with Crippen molar-refractivity contribution < 1.29 is 14.3 Å². The number of anilines is 1. The molecule has 0 aliphatic carbocycles. The number of rotatable bonds is 5. The molecule has 1 aromatic heterocycles. The molecule has 0 radical (unpaired) electrons. The molecule has 0 saturated carbocycles. The number of morpholine rings is 1. The van der Waals surface area contributed by atoms with E-state index in [0.29, 0.717) is 43.4 Å². The second-order valence-corrected chi connectivity index (χ2v) is 8.03. The Balaban J connectivity index is 1.47. The van der Waals surface area contributed by atoms with Gasteiger partial charge in [-0.05, 0) is 38.3 Å². The molecule has 1 unspecified atom stereocenters. The minimum atomic E-state index is -0.237. The zero-order chi connectivity index (χ0) is 21.6. The highest BCUT2D eigenvalue weighted by Crippen LogP contribution is 2.29. The van der Waals surface area contributed by atoms with E-state index >= 15 is 0 Å². The van der Waals surface area contributed by atoms with Crippen molar-refractivity contribution in [2.24, 2.45) is 0 Å². The Morgan fingerprint density at radius 1 is 1.13 bits per heavy atom. The summed E-state index contributed by atoms with van der Waals surface area (Å²) >= 11 is 0. The third kappa shape index (κ3) is 5.26. The molecule has 2 fully saturated rings. The predicted molar refractivity (Wildman–Crippen MR) is 117 cm³/mol. The highest BCUT2D eigenvalue weighted by Gasteiger charge is 2.31. The molecule has 0 bridgehead atoms. The molecule has 2 aromatic rings. The normalized spacial score (nSPS) is 19.8. The second kappa shape index (κ2) is 9.98. The second-order valence-electron chi connectivity index (χ2n) is 8.03. The lowest BCUT2D eigenvalue weighted by atomic mass is 10.0. The summed E-state index contributed by atoms with van der Waals surface area (Å²) in [7, 11) is 0. The first-order valence-corrected chi connectivity index (χ1v) is 10.9. The number of piperidine rings is 1. The van der Waals surface area contributed by atoms with Gasteiger partial charge in [0.25, 0.3) is 5.91 Å². The van der Waals surface area contributed by atoms with E-state index in [-0.39, 0.29) is 17.9 Å². The summed E-state index contributed by atoms with van der Waals surface area (Å²) in [5.41, 5.74) is 1.78. The summed E-state index contributed by atoms with van der Waals surface area (Å²) in [6, 6.07) is 9.16. The Kier molecular flexibility index (Phi) is 6.89. The summed E-state index contributed by atoms with van der Waals surface area (Å²) in [6.45, 7) is 5.84. The van der Waals surface area contributed by atoms with Crippen molar-refractivity contribution >= 4 is 17.5 Å². The molecule has 1 aromatic carbocycles. The van der Waals surface area contributed by atoms with Crippen LogP contribution in [0.15, 0.2) is 36.5 Å². The average molecular weight is 424 g/mol. The molecule has 164 valence electrons. The van der Waals surface area contributed by atoms with Crippen LogP contribution in [0, 0.1) is 6.92 Å². The Morgan fingerprint density at radius 2 is 1.90 bits per heavy atom. The van der Waals surface area contributed by atoms with E-state index in [9.17, 15) is 9.59 Å². The molecule has 3 heterocycles. The summed E-state index contributed by atoms with van der Waals surface area (Å²) in [5.74, 6) is 0.488. The Labute approximate surface area is 182 Å². The van der Waals surface area contributed by atoms with Crippen LogP contribution in [-0.2, 0) is 9.53 Å². The van der Waals surface area contributed by atoms with Gasteiger partial charge in [0.2, 0.25) is 5.91 Å². The van der Waals surface area contributed by atoms with Gasteiger partial charge in [0.15, 0.2) is 5.82 Å². The SMILES string of the molecule is Cc1nc(C2CCCCN2C(=O)CN2CCOCC2)ncc1C(=O)Nc1ccccc1. The molecule has 8 nitrogen and oxygen atoms in total. The van der Waals surface area contributed by atoms with Gasteiger partial charge in [-0.25, -0.2) is 9.97 Å². The van der Waals surface area contributed by atoms with E-state index in [4.69, 9.17) is 4.74 Å². The zero-order valence-corrected chi connectivity index (χ0v) is 17.9. The maximum absolute atomic E-state index is 13.0. The number of benzene rings is 1. The molecule has 2 aliphatic rings. The number of ether oxygens (including phenoxy) is 1. The van der Waals surface area contributed by atoms with Gasteiger partial charge in [0, 0.05) is 31.5 Å². The number of likely N-dealkylation sites (tertiary alicyclic amines) is 1. The van der Waals surface area contributed by atoms with Gasteiger partial charge in [-0.2, -0.15) is 0 Å². The van der Waals surface area contributed by atoms with Crippen LogP contribution in [0.5, 0.6) is 0 Å². The van der Waals surface area contributed by atoms with Crippen molar-refractivity contribution in [2.45, 2.75) is 32.2 Å². The highest BCUT2D eigenvalue weighted by molar-refractivity contribution is 6.04. The van der Waals surface area contributed by atoms with Crippen LogP contribution in [0.2, 0.25) is 0 Å². The molecule has 1 atom stereocenters. The third-order valence-corrected chi connectivity index (χ3v) is 5.86. The molecule has 0 spiro atoms. The van der Waals surface area contributed by atoms with Gasteiger partial charge < -0.3 is 15.0 Å². The van der Waals surface area contributed by atoms with E-state index in [0.717, 1.165) is 38.0 Å².